The van der Waals surface area contributed by atoms with Crippen molar-refractivity contribution in [2.75, 3.05) is 13.1 Å². The number of ketones is 1. The standard InChI is InChI=1S/C17H19N3O4S/c1-12-6-7-17(19-18-12)24-15-8-9-20(11-15)25(22,23)16-5-3-4-14(10-16)13(2)21/h3-7,10,15H,8-9,11H2,1-2H3. The Hall–Kier alpha value is -2.32. The molecular formula is C17H19N3O4S. The van der Waals surface area contributed by atoms with Crippen LogP contribution in [0.25, 0.3) is 0 Å². The van der Waals surface area contributed by atoms with Crippen molar-refractivity contribution in [2.45, 2.75) is 31.3 Å². The quantitative estimate of drug-likeness (QED) is 0.755. The summed E-state index contributed by atoms with van der Waals surface area (Å²) in [5.74, 6) is 0.214. The second-order valence-corrected chi connectivity index (χ2v) is 7.93. The highest BCUT2D eigenvalue weighted by atomic mass is 32.2. The molecule has 25 heavy (non-hydrogen) atoms. The first-order valence-corrected chi connectivity index (χ1v) is 9.38. The van der Waals surface area contributed by atoms with Crippen LogP contribution in [0.3, 0.4) is 0 Å². The Kier molecular flexibility index (Phi) is 4.82. The zero-order valence-electron chi connectivity index (χ0n) is 14.0. The molecule has 0 saturated carbocycles. The summed E-state index contributed by atoms with van der Waals surface area (Å²) in [6.07, 6.45) is 0.295. The maximum Gasteiger partial charge on any atom is 0.243 e. The smallest absolute Gasteiger partial charge is 0.243 e. The Morgan fingerprint density at radius 3 is 2.72 bits per heavy atom. The van der Waals surface area contributed by atoms with Crippen molar-refractivity contribution in [2.24, 2.45) is 0 Å². The monoisotopic (exact) mass is 361 g/mol. The molecular weight excluding hydrogens is 342 g/mol. The van der Waals surface area contributed by atoms with Crippen molar-refractivity contribution in [3.8, 4) is 5.88 Å². The molecule has 1 saturated heterocycles. The van der Waals surface area contributed by atoms with E-state index in [4.69, 9.17) is 4.74 Å². The van der Waals surface area contributed by atoms with Crippen molar-refractivity contribution >= 4 is 15.8 Å². The van der Waals surface area contributed by atoms with E-state index in [0.29, 0.717) is 24.4 Å². The van der Waals surface area contributed by atoms with Gasteiger partial charge in [-0.25, -0.2) is 8.42 Å². The van der Waals surface area contributed by atoms with Crippen LogP contribution in [0.5, 0.6) is 5.88 Å². The van der Waals surface area contributed by atoms with Crippen molar-refractivity contribution in [3.63, 3.8) is 0 Å². The van der Waals surface area contributed by atoms with E-state index >= 15 is 0 Å². The first-order valence-electron chi connectivity index (χ1n) is 7.94. The molecule has 0 spiro atoms. The molecule has 7 nitrogen and oxygen atoms in total. The van der Waals surface area contributed by atoms with Gasteiger partial charge in [0, 0.05) is 18.2 Å². The summed E-state index contributed by atoms with van der Waals surface area (Å²) in [7, 11) is -3.66. The fraction of sp³-hybridized carbons (Fsp3) is 0.353. The fourth-order valence-corrected chi connectivity index (χ4v) is 4.19. The number of ether oxygens (including phenoxy) is 1. The second kappa shape index (κ2) is 6.89. The lowest BCUT2D eigenvalue weighted by molar-refractivity contribution is 0.101. The zero-order chi connectivity index (χ0) is 18.0. The number of carbonyl (C=O) groups excluding carboxylic acids is 1. The van der Waals surface area contributed by atoms with E-state index in [1.807, 2.05) is 6.92 Å². The van der Waals surface area contributed by atoms with Crippen LogP contribution in [0.1, 0.15) is 29.4 Å². The molecule has 2 heterocycles. The normalized spacial score (nSPS) is 18.2. The van der Waals surface area contributed by atoms with Gasteiger partial charge >= 0.3 is 0 Å². The number of nitrogens with zero attached hydrogens (tertiary/aromatic N) is 3. The van der Waals surface area contributed by atoms with Crippen LogP contribution in [0.4, 0.5) is 0 Å². The predicted molar refractivity (Wildman–Crippen MR) is 91.0 cm³/mol. The van der Waals surface area contributed by atoms with Crippen molar-refractivity contribution < 1.29 is 17.9 Å². The van der Waals surface area contributed by atoms with Crippen molar-refractivity contribution in [1.29, 1.82) is 0 Å². The maximum atomic E-state index is 12.8. The van der Waals surface area contributed by atoms with Crippen molar-refractivity contribution in [1.82, 2.24) is 14.5 Å². The molecule has 132 valence electrons. The number of sulfonamides is 1. The van der Waals surface area contributed by atoms with Gasteiger partial charge in [-0.05, 0) is 38.5 Å². The molecule has 0 aliphatic carbocycles. The van der Waals surface area contributed by atoms with Crippen LogP contribution in [-0.4, -0.2) is 47.9 Å². The van der Waals surface area contributed by atoms with Crippen LogP contribution < -0.4 is 4.74 Å². The van der Waals surface area contributed by atoms with Gasteiger partial charge in [0.1, 0.15) is 6.10 Å². The first-order chi connectivity index (χ1) is 11.9. The minimum Gasteiger partial charge on any atom is -0.472 e. The molecule has 0 N–H and O–H groups in total. The SMILES string of the molecule is CC(=O)c1cccc(S(=O)(=O)N2CCC(Oc3ccc(C)nn3)C2)c1. The average molecular weight is 361 g/mol. The van der Waals surface area contributed by atoms with Crippen LogP contribution in [0.15, 0.2) is 41.3 Å². The third-order valence-electron chi connectivity index (χ3n) is 4.05. The molecule has 1 aromatic heterocycles. The summed E-state index contributed by atoms with van der Waals surface area (Å²) < 4.78 is 32.7. The van der Waals surface area contributed by atoms with E-state index in [9.17, 15) is 13.2 Å². The van der Waals surface area contributed by atoms with Crippen LogP contribution in [0, 0.1) is 6.92 Å². The highest BCUT2D eigenvalue weighted by Crippen LogP contribution is 2.24. The van der Waals surface area contributed by atoms with Gasteiger partial charge in [0.15, 0.2) is 5.78 Å². The van der Waals surface area contributed by atoms with E-state index in [0.717, 1.165) is 5.69 Å². The lowest BCUT2D eigenvalue weighted by atomic mass is 10.2. The van der Waals surface area contributed by atoms with Gasteiger partial charge < -0.3 is 4.74 Å². The maximum absolute atomic E-state index is 12.8. The number of hydrogen-bond acceptors (Lipinski definition) is 6. The summed E-state index contributed by atoms with van der Waals surface area (Å²) >= 11 is 0. The van der Waals surface area contributed by atoms with Gasteiger partial charge in [0.05, 0.1) is 17.1 Å². The molecule has 1 aliphatic rings. The highest BCUT2D eigenvalue weighted by Gasteiger charge is 2.34. The molecule has 1 aromatic carbocycles. The highest BCUT2D eigenvalue weighted by molar-refractivity contribution is 7.89. The van der Waals surface area contributed by atoms with E-state index in [2.05, 4.69) is 10.2 Å². The number of aryl methyl sites for hydroxylation is 1. The number of hydrogen-bond donors (Lipinski definition) is 0. The van der Waals surface area contributed by atoms with E-state index in [1.54, 1.807) is 24.3 Å². The Morgan fingerprint density at radius 1 is 1.24 bits per heavy atom. The van der Waals surface area contributed by atoms with Crippen molar-refractivity contribution in [3.05, 3.63) is 47.7 Å². The number of rotatable bonds is 5. The third-order valence-corrected chi connectivity index (χ3v) is 5.91. The molecule has 1 unspecified atom stereocenters. The summed E-state index contributed by atoms with van der Waals surface area (Å²) in [4.78, 5) is 11.6. The Morgan fingerprint density at radius 2 is 2.04 bits per heavy atom. The van der Waals surface area contributed by atoms with Gasteiger partial charge in [-0.2, -0.15) is 9.40 Å². The lowest BCUT2D eigenvalue weighted by Gasteiger charge is -2.17. The molecule has 8 heteroatoms. The van der Waals surface area contributed by atoms with Gasteiger partial charge in [-0.1, -0.05) is 12.1 Å². The minimum atomic E-state index is -3.66. The van der Waals surface area contributed by atoms with Gasteiger partial charge in [0.2, 0.25) is 15.9 Å². The molecule has 3 rings (SSSR count). The third kappa shape index (κ3) is 3.85. The number of aromatic nitrogens is 2. The van der Waals surface area contributed by atoms with Crippen LogP contribution in [0.2, 0.25) is 0 Å². The average Bonchev–Trinajstić information content (AvgIpc) is 3.06. The summed E-state index contributed by atoms with van der Waals surface area (Å²) in [5, 5.41) is 7.86. The van der Waals surface area contributed by atoms with E-state index in [-0.39, 0.29) is 23.3 Å². The van der Waals surface area contributed by atoms with Gasteiger partial charge in [-0.15, -0.1) is 5.10 Å². The first kappa shape index (κ1) is 17.5. The summed E-state index contributed by atoms with van der Waals surface area (Å²) in [5.41, 5.74) is 1.16. The predicted octanol–water partition coefficient (Wildman–Crippen LogP) is 1.83. The Balaban J connectivity index is 1.73. The largest absolute Gasteiger partial charge is 0.472 e. The van der Waals surface area contributed by atoms with Crippen LogP contribution >= 0.6 is 0 Å². The number of Topliss-reactive ketones (excluding diaryl/α,β-unsaturated/α-hetero) is 1. The topological polar surface area (TPSA) is 89.5 Å². The molecule has 0 amide bonds. The molecule has 1 aliphatic heterocycles. The van der Waals surface area contributed by atoms with Crippen LogP contribution in [-0.2, 0) is 10.0 Å². The molecule has 2 aromatic rings. The summed E-state index contributed by atoms with van der Waals surface area (Å²) in [6.45, 7) is 3.84. The molecule has 0 bridgehead atoms. The van der Waals surface area contributed by atoms with Gasteiger partial charge in [0.25, 0.3) is 0 Å². The number of carbonyl (C=O) groups is 1. The minimum absolute atomic E-state index is 0.121. The zero-order valence-corrected chi connectivity index (χ0v) is 14.9. The Bertz CT molecular complexity index is 881. The molecule has 1 atom stereocenters. The number of benzene rings is 1. The molecule has 0 radical (unpaired) electrons. The van der Waals surface area contributed by atoms with Gasteiger partial charge in [-0.3, -0.25) is 4.79 Å². The molecule has 1 fully saturated rings. The lowest BCUT2D eigenvalue weighted by Crippen LogP contribution is -2.31. The van der Waals surface area contributed by atoms with E-state index < -0.39 is 10.0 Å². The second-order valence-electron chi connectivity index (χ2n) is 5.99. The Labute approximate surface area is 146 Å². The fourth-order valence-electron chi connectivity index (χ4n) is 2.66. The summed E-state index contributed by atoms with van der Waals surface area (Å²) in [6, 6.07) is 9.61. The van der Waals surface area contributed by atoms with E-state index in [1.165, 1.54) is 23.4 Å².